The zero-order valence-electron chi connectivity index (χ0n) is 20.2. The second-order valence-corrected chi connectivity index (χ2v) is 9.26. The minimum atomic E-state index is -0.736. The number of piperidine rings is 1. The van der Waals surface area contributed by atoms with E-state index >= 15 is 0 Å². The molecule has 0 radical (unpaired) electrons. The molecule has 3 unspecified atom stereocenters. The van der Waals surface area contributed by atoms with Gasteiger partial charge in [-0.05, 0) is 44.8 Å². The Morgan fingerprint density at radius 2 is 1.66 bits per heavy atom. The van der Waals surface area contributed by atoms with Crippen molar-refractivity contribution >= 4 is 5.97 Å². The number of benzene rings is 2. The van der Waals surface area contributed by atoms with Crippen LogP contribution in [0.2, 0.25) is 0 Å². The van der Waals surface area contributed by atoms with E-state index in [1.165, 1.54) is 0 Å². The van der Waals surface area contributed by atoms with E-state index in [4.69, 9.17) is 9.47 Å². The van der Waals surface area contributed by atoms with E-state index < -0.39 is 5.60 Å². The van der Waals surface area contributed by atoms with Gasteiger partial charge >= 0.3 is 5.97 Å². The van der Waals surface area contributed by atoms with Crippen molar-refractivity contribution in [3.8, 4) is 5.75 Å². The minimum Gasteiger partial charge on any atom is -0.482 e. The average molecular weight is 439 g/mol. The molecule has 32 heavy (non-hydrogen) atoms. The monoisotopic (exact) mass is 438 g/mol. The largest absolute Gasteiger partial charge is 0.482 e. The quantitative estimate of drug-likeness (QED) is 0.536. The van der Waals surface area contributed by atoms with Gasteiger partial charge in [0.2, 0.25) is 0 Å². The molecule has 2 aromatic rings. The van der Waals surface area contributed by atoms with Crippen molar-refractivity contribution in [3.05, 3.63) is 66.2 Å². The van der Waals surface area contributed by atoms with Crippen LogP contribution in [0, 0.1) is 5.41 Å². The number of rotatable bonds is 9. The van der Waals surface area contributed by atoms with Gasteiger partial charge in [0.15, 0.2) is 6.61 Å². The highest BCUT2D eigenvalue weighted by Crippen LogP contribution is 2.51. The molecule has 0 aliphatic carbocycles. The van der Waals surface area contributed by atoms with Gasteiger partial charge in [-0.25, -0.2) is 4.79 Å². The van der Waals surface area contributed by atoms with Gasteiger partial charge in [-0.1, -0.05) is 69.3 Å². The fourth-order valence-electron chi connectivity index (χ4n) is 5.05. The maximum absolute atomic E-state index is 13.2. The molecular weight excluding hydrogens is 400 g/mol. The van der Waals surface area contributed by atoms with Crippen LogP contribution in [0.1, 0.15) is 39.7 Å². The van der Waals surface area contributed by atoms with Crippen molar-refractivity contribution < 1.29 is 14.3 Å². The van der Waals surface area contributed by atoms with Crippen molar-refractivity contribution in [2.75, 3.05) is 39.8 Å². The van der Waals surface area contributed by atoms with E-state index in [2.05, 4.69) is 56.7 Å². The van der Waals surface area contributed by atoms with Crippen LogP contribution in [0.25, 0.3) is 0 Å². The normalized spacial score (nSPS) is 26.1. The number of carbonyl (C=O) groups is 1. The molecule has 1 aliphatic rings. The molecule has 0 saturated carbocycles. The molecule has 0 N–H and O–H groups in total. The molecule has 3 rings (SSSR count). The lowest BCUT2D eigenvalue weighted by Crippen LogP contribution is -2.64. The van der Waals surface area contributed by atoms with Crippen LogP contribution in [-0.2, 0) is 15.1 Å². The van der Waals surface area contributed by atoms with Crippen molar-refractivity contribution in [3.63, 3.8) is 0 Å². The van der Waals surface area contributed by atoms with Crippen LogP contribution < -0.4 is 4.74 Å². The number of hydrogen-bond acceptors (Lipinski definition) is 5. The number of esters is 1. The van der Waals surface area contributed by atoms with E-state index in [0.29, 0.717) is 5.75 Å². The minimum absolute atomic E-state index is 0.107. The molecule has 2 aromatic carbocycles. The molecule has 1 saturated heterocycles. The molecule has 0 spiro atoms. The molecule has 1 heterocycles. The Labute approximate surface area is 193 Å². The van der Waals surface area contributed by atoms with Crippen molar-refractivity contribution in [1.82, 2.24) is 9.80 Å². The van der Waals surface area contributed by atoms with Crippen LogP contribution in [0.4, 0.5) is 0 Å². The summed E-state index contributed by atoms with van der Waals surface area (Å²) in [6.45, 7) is 12.4. The average Bonchev–Trinajstić information content (AvgIpc) is 2.81. The highest BCUT2D eigenvalue weighted by atomic mass is 16.6. The van der Waals surface area contributed by atoms with Crippen LogP contribution in [-0.4, -0.2) is 61.6 Å². The molecule has 0 amide bonds. The summed E-state index contributed by atoms with van der Waals surface area (Å²) < 4.78 is 12.2. The standard InChI is InChI=1S/C27H38N2O3/c1-6-29(7-2)21-26(4)20-28(5)22(3)18-27(26,23-14-10-8-11-15-23)32-25(30)19-31-24-16-12-9-13-17-24/h8-17,22H,6-7,18-21H2,1-5H3. The SMILES string of the molecule is CCN(CC)CC1(C)CN(C)C(C)CC1(OC(=O)COc1ccccc1)c1ccccc1. The van der Waals surface area contributed by atoms with Gasteiger partial charge in [0.25, 0.3) is 0 Å². The van der Waals surface area contributed by atoms with Crippen LogP contribution in [0.3, 0.4) is 0 Å². The van der Waals surface area contributed by atoms with Gasteiger partial charge in [-0.15, -0.1) is 0 Å². The van der Waals surface area contributed by atoms with E-state index in [9.17, 15) is 4.79 Å². The summed E-state index contributed by atoms with van der Waals surface area (Å²) >= 11 is 0. The van der Waals surface area contributed by atoms with Gasteiger partial charge in [0.05, 0.1) is 0 Å². The lowest BCUT2D eigenvalue weighted by molar-refractivity contribution is -0.203. The zero-order chi connectivity index (χ0) is 23.2. The van der Waals surface area contributed by atoms with Gasteiger partial charge in [0, 0.05) is 31.0 Å². The first-order valence-corrected chi connectivity index (χ1v) is 11.7. The maximum atomic E-state index is 13.2. The molecule has 3 atom stereocenters. The van der Waals surface area contributed by atoms with Crippen molar-refractivity contribution in [1.29, 1.82) is 0 Å². The number of hydrogen-bond donors (Lipinski definition) is 0. The Morgan fingerprint density at radius 3 is 2.25 bits per heavy atom. The number of para-hydroxylation sites is 1. The van der Waals surface area contributed by atoms with E-state index in [0.717, 1.165) is 38.2 Å². The van der Waals surface area contributed by atoms with Gasteiger partial charge in [-0.2, -0.15) is 0 Å². The Hall–Kier alpha value is -2.37. The third-order valence-corrected chi connectivity index (χ3v) is 7.00. The molecular formula is C27H38N2O3. The third kappa shape index (κ3) is 5.16. The molecule has 5 nitrogen and oxygen atoms in total. The number of ether oxygens (including phenoxy) is 2. The Morgan fingerprint density at radius 1 is 1.06 bits per heavy atom. The molecule has 174 valence electrons. The highest BCUT2D eigenvalue weighted by Gasteiger charge is 2.57. The van der Waals surface area contributed by atoms with Crippen LogP contribution in [0.5, 0.6) is 5.75 Å². The first-order valence-electron chi connectivity index (χ1n) is 11.7. The predicted molar refractivity (Wildman–Crippen MR) is 129 cm³/mol. The summed E-state index contributed by atoms with van der Waals surface area (Å²) in [6.07, 6.45) is 0.738. The molecule has 5 heteroatoms. The molecule has 0 aromatic heterocycles. The lowest BCUT2D eigenvalue weighted by atomic mass is 9.63. The molecule has 1 fully saturated rings. The predicted octanol–water partition coefficient (Wildman–Crippen LogP) is 4.58. The Bertz CT molecular complexity index is 856. The fourth-order valence-corrected chi connectivity index (χ4v) is 5.05. The Kier molecular flexibility index (Phi) is 7.96. The smallest absolute Gasteiger partial charge is 0.345 e. The third-order valence-electron chi connectivity index (χ3n) is 7.00. The summed E-state index contributed by atoms with van der Waals surface area (Å²) in [5, 5.41) is 0. The molecule has 0 bridgehead atoms. The summed E-state index contributed by atoms with van der Waals surface area (Å²) in [6, 6.07) is 20.0. The number of likely N-dealkylation sites (tertiary alicyclic amines) is 1. The first-order chi connectivity index (χ1) is 15.3. The topological polar surface area (TPSA) is 42.0 Å². The second kappa shape index (κ2) is 10.5. The van der Waals surface area contributed by atoms with Gasteiger partial charge in [0.1, 0.15) is 11.4 Å². The molecule has 1 aliphatic heterocycles. The summed E-state index contributed by atoms with van der Waals surface area (Å²) in [5.41, 5.74) is 0.0342. The van der Waals surface area contributed by atoms with Crippen molar-refractivity contribution in [2.24, 2.45) is 5.41 Å². The van der Waals surface area contributed by atoms with Gasteiger partial charge < -0.3 is 19.3 Å². The van der Waals surface area contributed by atoms with Crippen LogP contribution in [0.15, 0.2) is 60.7 Å². The number of nitrogens with zero attached hydrogens (tertiary/aromatic N) is 2. The van der Waals surface area contributed by atoms with E-state index in [1.54, 1.807) is 0 Å². The fraction of sp³-hybridized carbons (Fsp3) is 0.519. The van der Waals surface area contributed by atoms with Gasteiger partial charge in [-0.3, -0.25) is 0 Å². The lowest BCUT2D eigenvalue weighted by Gasteiger charge is -2.56. The van der Waals surface area contributed by atoms with E-state index in [1.807, 2.05) is 48.5 Å². The first kappa shape index (κ1) is 24.3. The van der Waals surface area contributed by atoms with Crippen LogP contribution >= 0.6 is 0 Å². The summed E-state index contributed by atoms with van der Waals surface area (Å²) in [4.78, 5) is 18.0. The summed E-state index contributed by atoms with van der Waals surface area (Å²) in [7, 11) is 2.17. The number of carbonyl (C=O) groups excluding carboxylic acids is 1. The van der Waals surface area contributed by atoms with Crippen molar-refractivity contribution in [2.45, 2.75) is 45.8 Å². The summed E-state index contributed by atoms with van der Waals surface area (Å²) in [5.74, 6) is 0.334. The second-order valence-electron chi connectivity index (χ2n) is 9.26. The highest BCUT2D eigenvalue weighted by molar-refractivity contribution is 5.72. The maximum Gasteiger partial charge on any atom is 0.345 e. The van der Waals surface area contributed by atoms with E-state index in [-0.39, 0.29) is 24.0 Å². The Balaban J connectivity index is 1.96. The zero-order valence-corrected chi connectivity index (χ0v) is 20.2.